The number of hydrogen-bond donors (Lipinski definition) is 1. The van der Waals surface area contributed by atoms with Gasteiger partial charge in [-0.1, -0.05) is 0 Å². The molecule has 2 heterocycles. The van der Waals surface area contributed by atoms with Crippen LogP contribution in [0.15, 0.2) is 18.5 Å². The number of amides is 3. The molecular formula is C11H14N4O3. The molecule has 0 aromatic carbocycles. The fraction of sp³-hybridized carbons (Fsp3) is 0.455. The number of piperazine rings is 1. The second-order valence-electron chi connectivity index (χ2n) is 4.22. The summed E-state index contributed by atoms with van der Waals surface area (Å²) in [6.45, 7) is 3.17. The summed E-state index contributed by atoms with van der Waals surface area (Å²) in [5.74, 6) is -1.21. The highest BCUT2D eigenvalue weighted by molar-refractivity contribution is 6.04. The van der Waals surface area contributed by atoms with E-state index < -0.39 is 23.9 Å². The largest absolute Gasteiger partial charge is 0.320 e. The number of nitrogens with one attached hydrogen (secondary N) is 1. The third-order valence-corrected chi connectivity index (χ3v) is 2.99. The monoisotopic (exact) mass is 250 g/mol. The average molecular weight is 250 g/mol. The van der Waals surface area contributed by atoms with Gasteiger partial charge in [-0.2, -0.15) is 5.10 Å². The molecule has 0 spiro atoms. The van der Waals surface area contributed by atoms with E-state index in [1.165, 1.54) is 9.58 Å². The van der Waals surface area contributed by atoms with Crippen molar-refractivity contribution in [1.29, 1.82) is 0 Å². The van der Waals surface area contributed by atoms with E-state index in [1.54, 1.807) is 32.3 Å². The fourth-order valence-electron chi connectivity index (χ4n) is 1.85. The van der Waals surface area contributed by atoms with Gasteiger partial charge in [0.2, 0.25) is 17.7 Å². The maximum atomic E-state index is 12.2. The lowest BCUT2D eigenvalue weighted by molar-refractivity contribution is -0.151. The summed E-state index contributed by atoms with van der Waals surface area (Å²) in [6, 6.07) is 0.524. The normalized spacial score (nSPS) is 21.7. The standard InChI is InChI=1S/C11H14N4O3/c1-7-10(17)13-9(16)6-14(7)11(18)8(2)15-5-3-4-12-15/h3-5,7-8H,6H2,1-2H3,(H,13,16,17). The second kappa shape index (κ2) is 4.59. The third kappa shape index (κ3) is 2.11. The Bertz CT molecular complexity index is 482. The molecule has 1 aromatic rings. The van der Waals surface area contributed by atoms with Gasteiger partial charge in [0.1, 0.15) is 18.6 Å². The lowest BCUT2D eigenvalue weighted by Gasteiger charge is -2.33. The minimum Gasteiger partial charge on any atom is -0.320 e. The summed E-state index contributed by atoms with van der Waals surface area (Å²) in [5.41, 5.74) is 0. The molecule has 1 fully saturated rings. The summed E-state index contributed by atoms with van der Waals surface area (Å²) < 4.78 is 1.49. The fourth-order valence-corrected chi connectivity index (χ4v) is 1.85. The zero-order chi connectivity index (χ0) is 13.3. The number of hydrogen-bond acceptors (Lipinski definition) is 4. The Morgan fingerprint density at radius 2 is 2.28 bits per heavy atom. The molecule has 2 rings (SSSR count). The van der Waals surface area contributed by atoms with E-state index in [9.17, 15) is 14.4 Å². The lowest BCUT2D eigenvalue weighted by atomic mass is 10.1. The molecule has 1 aromatic heterocycles. The van der Waals surface area contributed by atoms with Gasteiger partial charge in [-0.05, 0) is 19.9 Å². The molecule has 1 saturated heterocycles. The van der Waals surface area contributed by atoms with Gasteiger partial charge in [0.05, 0.1) is 0 Å². The zero-order valence-electron chi connectivity index (χ0n) is 10.2. The molecule has 7 heteroatoms. The number of nitrogens with zero attached hydrogens (tertiary/aromatic N) is 3. The number of rotatable bonds is 2. The Morgan fingerprint density at radius 1 is 1.56 bits per heavy atom. The summed E-state index contributed by atoms with van der Waals surface area (Å²) in [6.07, 6.45) is 3.24. The van der Waals surface area contributed by atoms with Crippen LogP contribution in [0.2, 0.25) is 0 Å². The second-order valence-corrected chi connectivity index (χ2v) is 4.22. The Kier molecular flexibility index (Phi) is 3.14. The molecule has 0 aliphatic carbocycles. The highest BCUT2D eigenvalue weighted by Gasteiger charge is 2.35. The van der Waals surface area contributed by atoms with Crippen molar-refractivity contribution < 1.29 is 14.4 Å². The van der Waals surface area contributed by atoms with Gasteiger partial charge < -0.3 is 4.90 Å². The minimum absolute atomic E-state index is 0.0999. The van der Waals surface area contributed by atoms with Crippen LogP contribution in [0.3, 0.4) is 0 Å². The SMILES string of the molecule is CC1C(=O)NC(=O)CN1C(=O)C(C)n1cccn1. The van der Waals surface area contributed by atoms with Crippen LogP contribution >= 0.6 is 0 Å². The van der Waals surface area contributed by atoms with Crippen LogP contribution in [0, 0.1) is 0 Å². The molecule has 96 valence electrons. The Balaban J connectivity index is 2.17. The first kappa shape index (κ1) is 12.3. The van der Waals surface area contributed by atoms with Crippen LogP contribution in [-0.4, -0.2) is 45.0 Å². The van der Waals surface area contributed by atoms with Gasteiger partial charge in [0.25, 0.3) is 0 Å². The van der Waals surface area contributed by atoms with Gasteiger partial charge >= 0.3 is 0 Å². The first-order chi connectivity index (χ1) is 8.50. The van der Waals surface area contributed by atoms with E-state index in [-0.39, 0.29) is 12.5 Å². The number of aromatic nitrogens is 2. The van der Waals surface area contributed by atoms with E-state index >= 15 is 0 Å². The van der Waals surface area contributed by atoms with E-state index in [0.29, 0.717) is 0 Å². The summed E-state index contributed by atoms with van der Waals surface area (Å²) >= 11 is 0. The van der Waals surface area contributed by atoms with Crippen LogP contribution in [-0.2, 0) is 14.4 Å². The molecule has 2 atom stereocenters. The van der Waals surface area contributed by atoms with Crippen molar-refractivity contribution in [1.82, 2.24) is 20.0 Å². The van der Waals surface area contributed by atoms with E-state index in [4.69, 9.17) is 0 Å². The molecule has 18 heavy (non-hydrogen) atoms. The first-order valence-electron chi connectivity index (χ1n) is 5.64. The summed E-state index contributed by atoms with van der Waals surface area (Å²) in [5, 5.41) is 6.17. The van der Waals surface area contributed by atoms with Crippen molar-refractivity contribution in [2.45, 2.75) is 25.9 Å². The predicted molar refractivity (Wildman–Crippen MR) is 61.3 cm³/mol. The number of carbonyl (C=O) groups excluding carboxylic acids is 3. The van der Waals surface area contributed by atoms with Crippen molar-refractivity contribution in [2.75, 3.05) is 6.54 Å². The Morgan fingerprint density at radius 3 is 2.89 bits per heavy atom. The van der Waals surface area contributed by atoms with Gasteiger partial charge in [-0.25, -0.2) is 0 Å². The van der Waals surface area contributed by atoms with Crippen LogP contribution in [0.1, 0.15) is 19.9 Å². The van der Waals surface area contributed by atoms with Crippen LogP contribution in [0.5, 0.6) is 0 Å². The van der Waals surface area contributed by atoms with Crippen LogP contribution in [0.25, 0.3) is 0 Å². The first-order valence-corrected chi connectivity index (χ1v) is 5.64. The van der Waals surface area contributed by atoms with Crippen molar-refractivity contribution in [2.24, 2.45) is 0 Å². The van der Waals surface area contributed by atoms with Crippen molar-refractivity contribution >= 4 is 17.7 Å². The Hall–Kier alpha value is -2.18. The molecule has 0 bridgehead atoms. The maximum Gasteiger partial charge on any atom is 0.249 e. The predicted octanol–water partition coefficient (Wildman–Crippen LogP) is -0.682. The third-order valence-electron chi connectivity index (χ3n) is 2.99. The maximum absolute atomic E-state index is 12.2. The van der Waals surface area contributed by atoms with Crippen molar-refractivity contribution in [3.63, 3.8) is 0 Å². The highest BCUT2D eigenvalue weighted by Crippen LogP contribution is 2.13. The zero-order valence-corrected chi connectivity index (χ0v) is 10.2. The molecule has 7 nitrogen and oxygen atoms in total. The quantitative estimate of drug-likeness (QED) is 0.705. The molecule has 1 aliphatic heterocycles. The van der Waals surface area contributed by atoms with Crippen molar-refractivity contribution in [3.05, 3.63) is 18.5 Å². The van der Waals surface area contributed by atoms with Gasteiger partial charge in [0.15, 0.2) is 0 Å². The Labute approximate surface area is 104 Å². The molecule has 1 N–H and O–H groups in total. The van der Waals surface area contributed by atoms with E-state index in [1.807, 2.05) is 0 Å². The lowest BCUT2D eigenvalue weighted by Crippen LogP contribution is -2.59. The van der Waals surface area contributed by atoms with Crippen molar-refractivity contribution in [3.8, 4) is 0 Å². The number of carbonyl (C=O) groups is 3. The van der Waals surface area contributed by atoms with Gasteiger partial charge in [-0.15, -0.1) is 0 Å². The minimum atomic E-state index is -0.645. The van der Waals surface area contributed by atoms with Gasteiger partial charge in [0, 0.05) is 12.4 Å². The molecule has 2 unspecified atom stereocenters. The van der Waals surface area contributed by atoms with Gasteiger partial charge in [-0.3, -0.25) is 24.4 Å². The molecule has 3 amide bonds. The molecular weight excluding hydrogens is 236 g/mol. The van der Waals surface area contributed by atoms with E-state index in [0.717, 1.165) is 0 Å². The molecule has 0 radical (unpaired) electrons. The average Bonchev–Trinajstić information content (AvgIpc) is 2.85. The van der Waals surface area contributed by atoms with E-state index in [2.05, 4.69) is 10.4 Å². The highest BCUT2D eigenvalue weighted by atomic mass is 16.2. The number of imide groups is 1. The summed E-state index contributed by atoms with van der Waals surface area (Å²) in [7, 11) is 0. The topological polar surface area (TPSA) is 84.3 Å². The summed E-state index contributed by atoms with van der Waals surface area (Å²) in [4.78, 5) is 36.3. The van der Waals surface area contributed by atoms with Crippen LogP contribution in [0.4, 0.5) is 0 Å². The molecule has 0 saturated carbocycles. The molecule has 1 aliphatic rings. The van der Waals surface area contributed by atoms with Crippen LogP contribution < -0.4 is 5.32 Å². The smallest absolute Gasteiger partial charge is 0.249 e.